The summed E-state index contributed by atoms with van der Waals surface area (Å²) >= 11 is 0. The predicted molar refractivity (Wildman–Crippen MR) is 513 cm³/mol. The van der Waals surface area contributed by atoms with Crippen LogP contribution in [0, 0.1) is 18.6 Å². The highest BCUT2D eigenvalue weighted by molar-refractivity contribution is 6.09. The standard InChI is InChI=1S/C64H58O6.C21H24O2.C15H14F2.C15H16O2/c1-9-11-48-41-52(27-39-59(48)67-8)64(6,7)53-28-40-60(49(42-53)12-10-2)70-58-33-21-47(22-34-58)62(66)46-19-31-55(32-20-46)69-57-37-25-51(26-38-57)63(4,5)50-23-35-56(36-24-50)68-54-29-17-45(18-30-54)61(65)44-15-13-43(3)14-16-44;1-5-7-15-13-17(9-11-19(15)22)21(3,4)18-10-12-20(23)16(14-18)8-6-2;2*1-15(2,11-3-7-13(16)8-4-11)12-5-9-14(17)10-6-12/h9-42H,1-8H3;5-6,9-14,22-23H,1-2,7-8H2,3-4H3;3-10H,1-2H3;3-10,16-17H,1-2H3. The van der Waals surface area contributed by atoms with Gasteiger partial charge in [0.05, 0.1) is 7.11 Å². The third kappa shape index (κ3) is 23.4. The van der Waals surface area contributed by atoms with E-state index in [0.717, 1.165) is 89.4 Å². The molecule has 0 aliphatic carbocycles. The van der Waals surface area contributed by atoms with E-state index in [1.807, 2.05) is 192 Å². The highest BCUT2D eigenvalue weighted by atomic mass is 19.1. The Hall–Kier alpha value is -14.4. The van der Waals surface area contributed by atoms with Crippen LogP contribution in [0.15, 0.2) is 353 Å². The minimum atomic E-state index is -0.296. The van der Waals surface area contributed by atoms with Crippen molar-refractivity contribution in [3.05, 3.63) is 470 Å². The molecule has 12 heteroatoms. The zero-order valence-electron chi connectivity index (χ0n) is 74.8. The number of carbonyl (C=O) groups is 2. The van der Waals surface area contributed by atoms with Crippen molar-refractivity contribution in [2.75, 3.05) is 7.11 Å². The first-order chi connectivity index (χ1) is 60.6. The molecular formula is C115H112F2O10. The summed E-state index contributed by atoms with van der Waals surface area (Å²) in [5, 5.41) is 38.5. The maximum absolute atomic E-state index is 13.6. The van der Waals surface area contributed by atoms with Gasteiger partial charge in [-0.05, 0) is 282 Å². The van der Waals surface area contributed by atoms with Crippen LogP contribution in [-0.2, 0) is 39.9 Å². The number of allylic oxidation sites excluding steroid dienone is 4. The van der Waals surface area contributed by atoms with E-state index < -0.39 is 0 Å². The SMILES string of the molecule is C=CCc1cc(C(C)(C)c2ccc(O)c(CC=C)c2)ccc1O.CC(C)(c1ccc(F)cc1)c1ccc(F)cc1.CC(C)(c1ccc(O)cc1)c1ccc(O)cc1.CC=Cc1cc(C(C)(C)c2ccc(Oc3ccc(C(=O)c4ccc(Oc5ccc(C(C)(C)c6ccc(Oc7ccc(C(=O)c8ccc(C)cc8)cc7)cc6)cc5)cc4)cc3)c(C=CC)c2)ccc1OC. The van der Waals surface area contributed by atoms with Gasteiger partial charge in [0.15, 0.2) is 11.6 Å². The molecule has 14 aromatic carbocycles. The summed E-state index contributed by atoms with van der Waals surface area (Å²) in [5.41, 5.74) is 17.1. The van der Waals surface area contributed by atoms with E-state index in [2.05, 4.69) is 129 Å². The van der Waals surface area contributed by atoms with Crippen LogP contribution in [-0.4, -0.2) is 39.1 Å². The summed E-state index contributed by atoms with van der Waals surface area (Å²) in [6.07, 6.45) is 13.0. The molecule has 0 radical (unpaired) electrons. The van der Waals surface area contributed by atoms with Crippen molar-refractivity contribution in [2.45, 2.75) is 130 Å². The van der Waals surface area contributed by atoms with Crippen LogP contribution in [0.3, 0.4) is 0 Å². The minimum Gasteiger partial charge on any atom is -0.508 e. The molecule has 0 fully saturated rings. The van der Waals surface area contributed by atoms with Crippen LogP contribution in [0.5, 0.6) is 63.2 Å². The number of phenols is 4. The third-order valence-electron chi connectivity index (χ3n) is 23.5. The second-order valence-electron chi connectivity index (χ2n) is 34.1. The van der Waals surface area contributed by atoms with Gasteiger partial charge in [0.1, 0.15) is 74.9 Å². The van der Waals surface area contributed by atoms with Gasteiger partial charge in [0.25, 0.3) is 0 Å². The van der Waals surface area contributed by atoms with Gasteiger partial charge < -0.3 is 39.4 Å². The van der Waals surface area contributed by atoms with Gasteiger partial charge in [-0.15, -0.1) is 13.2 Å². The molecule has 0 aromatic heterocycles. The second-order valence-corrected chi connectivity index (χ2v) is 34.1. The van der Waals surface area contributed by atoms with Gasteiger partial charge in [-0.2, -0.15) is 0 Å². The average molecular weight is 1690 g/mol. The number of benzene rings is 14. The van der Waals surface area contributed by atoms with Crippen molar-refractivity contribution >= 4 is 23.7 Å². The van der Waals surface area contributed by atoms with Crippen LogP contribution in [0.4, 0.5) is 8.78 Å². The van der Waals surface area contributed by atoms with Gasteiger partial charge in [0.2, 0.25) is 0 Å². The lowest BCUT2D eigenvalue weighted by Gasteiger charge is -2.28. The summed E-state index contributed by atoms with van der Waals surface area (Å²) in [6, 6.07) is 96.8. The highest BCUT2D eigenvalue weighted by Gasteiger charge is 2.30. The number of aromatic hydroxyl groups is 4. The van der Waals surface area contributed by atoms with E-state index >= 15 is 0 Å². The Morgan fingerprint density at radius 3 is 0.866 bits per heavy atom. The number of phenolic OH excluding ortho intramolecular Hbond substituents is 4. The van der Waals surface area contributed by atoms with Crippen molar-refractivity contribution < 1.29 is 57.7 Å². The van der Waals surface area contributed by atoms with Gasteiger partial charge in [-0.1, -0.05) is 245 Å². The lowest BCUT2D eigenvalue weighted by Crippen LogP contribution is -2.19. The number of rotatable bonds is 27. The lowest BCUT2D eigenvalue weighted by atomic mass is 9.77. The molecule has 0 atom stereocenters. The third-order valence-corrected chi connectivity index (χ3v) is 23.5. The maximum atomic E-state index is 13.6. The molecule has 0 aliphatic heterocycles. The predicted octanol–water partition coefficient (Wildman–Crippen LogP) is 29.2. The van der Waals surface area contributed by atoms with E-state index in [1.165, 1.54) is 29.8 Å². The summed E-state index contributed by atoms with van der Waals surface area (Å²) in [5.74, 6) is 5.41. The van der Waals surface area contributed by atoms with E-state index in [9.17, 15) is 38.8 Å². The summed E-state index contributed by atoms with van der Waals surface area (Å²) in [7, 11) is 1.70. The number of halogens is 2. The fourth-order valence-corrected chi connectivity index (χ4v) is 15.0. The second kappa shape index (κ2) is 41.4. The zero-order chi connectivity index (χ0) is 91.4. The molecule has 0 saturated heterocycles. The fourth-order valence-electron chi connectivity index (χ4n) is 15.0. The first kappa shape index (κ1) is 93.3. The monoisotopic (exact) mass is 1690 g/mol. The molecule has 646 valence electrons. The molecule has 0 heterocycles. The molecule has 4 N–H and O–H groups in total. The van der Waals surface area contributed by atoms with Crippen molar-refractivity contribution in [2.24, 2.45) is 0 Å². The first-order valence-corrected chi connectivity index (χ1v) is 42.4. The van der Waals surface area contributed by atoms with Crippen LogP contribution in [0.25, 0.3) is 12.2 Å². The topological polar surface area (TPSA) is 152 Å². The number of aryl methyl sites for hydroxylation is 1. The van der Waals surface area contributed by atoms with Gasteiger partial charge in [-0.25, -0.2) is 8.78 Å². The number of ketones is 2. The smallest absolute Gasteiger partial charge is 0.193 e. The molecule has 0 aliphatic rings. The molecule has 10 nitrogen and oxygen atoms in total. The van der Waals surface area contributed by atoms with Crippen molar-refractivity contribution in [1.82, 2.24) is 0 Å². The minimum absolute atomic E-state index is 0.0186. The molecule has 14 aromatic rings. The van der Waals surface area contributed by atoms with Gasteiger partial charge in [-0.3, -0.25) is 9.59 Å². The molecule has 127 heavy (non-hydrogen) atoms. The van der Waals surface area contributed by atoms with Crippen molar-refractivity contribution in [1.29, 1.82) is 0 Å². The number of hydrogen-bond donors (Lipinski definition) is 4. The molecule has 0 spiro atoms. The number of methoxy groups -OCH3 is 1. The number of hydrogen-bond acceptors (Lipinski definition) is 10. The molecule has 0 saturated carbocycles. The Bertz CT molecular complexity index is 5890. The van der Waals surface area contributed by atoms with Crippen molar-refractivity contribution in [3.8, 4) is 63.2 Å². The molecule has 0 bridgehead atoms. The number of carbonyl (C=O) groups excluding carboxylic acids is 2. The summed E-state index contributed by atoms with van der Waals surface area (Å²) in [6.45, 7) is 34.9. The van der Waals surface area contributed by atoms with E-state index in [4.69, 9.17) is 18.9 Å². The van der Waals surface area contributed by atoms with Crippen LogP contribution in [0.2, 0.25) is 0 Å². The van der Waals surface area contributed by atoms with Gasteiger partial charge >= 0.3 is 0 Å². The molecule has 0 unspecified atom stereocenters. The van der Waals surface area contributed by atoms with Crippen LogP contribution >= 0.6 is 0 Å². The van der Waals surface area contributed by atoms with E-state index in [1.54, 1.807) is 116 Å². The molecule has 0 amide bonds. The normalized spacial score (nSPS) is 11.6. The Kier molecular flexibility index (Phi) is 30.4. The van der Waals surface area contributed by atoms with Crippen LogP contribution in [0.1, 0.15) is 198 Å². The Morgan fingerprint density at radius 1 is 0.315 bits per heavy atom. The largest absolute Gasteiger partial charge is 0.508 e. The fraction of sp³-hybridized carbons (Fsp3) is 0.183. The first-order valence-electron chi connectivity index (χ1n) is 42.4. The lowest BCUT2D eigenvalue weighted by molar-refractivity contribution is 0.103. The molecular weight excluding hydrogens is 1580 g/mol. The zero-order valence-corrected chi connectivity index (χ0v) is 74.8. The Labute approximate surface area is 747 Å². The molecule has 14 rings (SSSR count). The maximum Gasteiger partial charge on any atom is 0.193 e. The highest BCUT2D eigenvalue weighted by Crippen LogP contribution is 2.42. The number of ether oxygens (including phenoxy) is 4. The van der Waals surface area contributed by atoms with E-state index in [-0.39, 0.29) is 61.8 Å². The summed E-state index contributed by atoms with van der Waals surface area (Å²) in [4.78, 5) is 26.5. The Morgan fingerprint density at radius 2 is 0.559 bits per heavy atom. The van der Waals surface area contributed by atoms with Crippen molar-refractivity contribution in [3.63, 3.8) is 0 Å². The average Bonchev–Trinajstić information content (AvgIpc) is 0.774. The summed E-state index contributed by atoms with van der Waals surface area (Å²) < 4.78 is 50.1. The van der Waals surface area contributed by atoms with Gasteiger partial charge in [0, 0.05) is 60.5 Å². The van der Waals surface area contributed by atoms with Crippen LogP contribution < -0.4 is 18.9 Å². The van der Waals surface area contributed by atoms with E-state index in [0.29, 0.717) is 75.3 Å². The Balaban J connectivity index is 0.000000218. The quantitative estimate of drug-likeness (QED) is 0.0289.